The maximum Gasteiger partial charge on any atom is 0.309 e. The van der Waals surface area contributed by atoms with Gasteiger partial charge in [0.05, 0.1) is 24.7 Å². The van der Waals surface area contributed by atoms with Crippen molar-refractivity contribution in [3.63, 3.8) is 0 Å². The van der Waals surface area contributed by atoms with Gasteiger partial charge in [-0.05, 0) is 65.4 Å². The van der Waals surface area contributed by atoms with Crippen molar-refractivity contribution < 1.29 is 23.8 Å². The fourth-order valence-corrected chi connectivity index (χ4v) is 4.41. The van der Waals surface area contributed by atoms with Crippen LogP contribution in [0.5, 0.6) is 11.5 Å². The molecule has 206 valence electrons. The molecule has 0 unspecified atom stereocenters. The molecular weight excluding hydrogens is 516 g/mol. The zero-order valence-electron chi connectivity index (χ0n) is 22.7. The van der Waals surface area contributed by atoms with Crippen LogP contribution >= 0.6 is 0 Å². The summed E-state index contributed by atoms with van der Waals surface area (Å²) in [5.41, 5.74) is 7.93. The van der Waals surface area contributed by atoms with E-state index < -0.39 is 0 Å². The summed E-state index contributed by atoms with van der Waals surface area (Å²) in [6, 6.07) is 34.5. The first-order chi connectivity index (χ1) is 20.1. The van der Waals surface area contributed by atoms with Crippen LogP contribution in [0.2, 0.25) is 0 Å². The first kappa shape index (κ1) is 27.5. The smallest absolute Gasteiger partial charge is 0.309 e. The van der Waals surface area contributed by atoms with Crippen molar-refractivity contribution in [2.75, 3.05) is 7.11 Å². The second kappa shape index (κ2) is 13.3. The van der Waals surface area contributed by atoms with Crippen molar-refractivity contribution in [1.29, 1.82) is 5.26 Å². The molecule has 2 atom stereocenters. The molecular formula is C34H30N2O5. The van der Waals surface area contributed by atoms with Crippen LogP contribution in [0, 0.1) is 17.2 Å². The Hall–Kier alpha value is -5.06. The van der Waals surface area contributed by atoms with E-state index in [-0.39, 0.29) is 17.8 Å². The van der Waals surface area contributed by atoms with Crippen molar-refractivity contribution >= 4 is 11.7 Å². The molecule has 0 radical (unpaired) electrons. The lowest BCUT2D eigenvalue weighted by atomic mass is 10.1. The van der Waals surface area contributed by atoms with E-state index in [2.05, 4.69) is 11.5 Å². The summed E-state index contributed by atoms with van der Waals surface area (Å²) in [5.74, 6) is 1.40. The third kappa shape index (κ3) is 7.53. The molecule has 7 nitrogen and oxygen atoms in total. The Labute approximate surface area is 239 Å². The van der Waals surface area contributed by atoms with Gasteiger partial charge in [-0.25, -0.2) is 0 Å². The summed E-state index contributed by atoms with van der Waals surface area (Å²) in [5, 5.41) is 9.00. The number of nitrogens with zero attached hydrogens (tertiary/aromatic N) is 1. The molecule has 7 heteroatoms. The minimum atomic E-state index is -0.137. The number of hydrogen-bond donors (Lipinski definition) is 1. The highest BCUT2D eigenvalue weighted by Crippen LogP contribution is 2.48. The second-order valence-corrected chi connectivity index (χ2v) is 9.69. The topological polar surface area (TPSA) is 89.8 Å². The molecule has 4 aromatic carbocycles. The lowest BCUT2D eigenvalue weighted by molar-refractivity contribution is -0.146. The van der Waals surface area contributed by atoms with Gasteiger partial charge in [0.1, 0.15) is 36.7 Å². The van der Waals surface area contributed by atoms with Gasteiger partial charge < -0.3 is 14.2 Å². The third-order valence-electron chi connectivity index (χ3n) is 6.80. The summed E-state index contributed by atoms with van der Waals surface area (Å²) in [6.07, 6.45) is 2.37. The molecule has 1 fully saturated rings. The van der Waals surface area contributed by atoms with Crippen molar-refractivity contribution in [1.82, 2.24) is 5.48 Å². The minimum Gasteiger partial charge on any atom is -0.489 e. The fraction of sp³-hybridized carbons (Fsp3) is 0.176. The molecule has 0 saturated heterocycles. The van der Waals surface area contributed by atoms with Gasteiger partial charge in [0, 0.05) is 5.56 Å². The number of nitriles is 1. The summed E-state index contributed by atoms with van der Waals surface area (Å²) in [4.78, 5) is 17.5. The van der Waals surface area contributed by atoms with Gasteiger partial charge in [-0.1, -0.05) is 66.7 Å². The number of nitrogens with one attached hydrogen (secondary N) is 1. The van der Waals surface area contributed by atoms with Crippen molar-refractivity contribution in [2.45, 2.75) is 25.6 Å². The quantitative estimate of drug-likeness (QED) is 0.123. The molecule has 0 bridgehead atoms. The lowest BCUT2D eigenvalue weighted by Gasteiger charge is -2.10. The summed E-state index contributed by atoms with van der Waals surface area (Å²) in [7, 11) is 1.52. The number of benzene rings is 4. The largest absolute Gasteiger partial charge is 0.489 e. The van der Waals surface area contributed by atoms with E-state index in [1.165, 1.54) is 7.11 Å². The average molecular weight is 547 g/mol. The molecule has 0 spiro atoms. The number of carbonyl (C=O) groups excluding carboxylic acids is 1. The van der Waals surface area contributed by atoms with Crippen LogP contribution in [0.25, 0.3) is 5.70 Å². The number of hydrogen-bond acceptors (Lipinski definition) is 7. The first-order valence-electron chi connectivity index (χ1n) is 13.3. The first-order valence-corrected chi connectivity index (χ1v) is 13.3. The van der Waals surface area contributed by atoms with Gasteiger partial charge in [-0.3, -0.25) is 15.1 Å². The Morgan fingerprint density at radius 2 is 1.56 bits per heavy atom. The Bertz CT molecular complexity index is 1510. The van der Waals surface area contributed by atoms with Gasteiger partial charge in [0.2, 0.25) is 0 Å². The van der Waals surface area contributed by atoms with E-state index in [1.807, 2.05) is 91.0 Å². The van der Waals surface area contributed by atoms with Gasteiger partial charge in [0.25, 0.3) is 0 Å². The Morgan fingerprint density at radius 3 is 2.24 bits per heavy atom. The molecule has 0 aromatic heterocycles. The molecule has 0 heterocycles. The van der Waals surface area contributed by atoms with Gasteiger partial charge in [-0.15, -0.1) is 0 Å². The number of hydroxylamine groups is 1. The summed E-state index contributed by atoms with van der Waals surface area (Å²) in [6.45, 7) is 0.721. The fourth-order valence-electron chi connectivity index (χ4n) is 4.41. The van der Waals surface area contributed by atoms with Crippen LogP contribution < -0.4 is 15.0 Å². The predicted molar refractivity (Wildman–Crippen MR) is 154 cm³/mol. The molecule has 1 aliphatic rings. The van der Waals surface area contributed by atoms with Gasteiger partial charge in [0.15, 0.2) is 0 Å². The summed E-state index contributed by atoms with van der Waals surface area (Å²) < 4.78 is 17.3. The van der Waals surface area contributed by atoms with Crippen LogP contribution in [0.1, 0.15) is 40.2 Å². The third-order valence-corrected chi connectivity index (χ3v) is 6.80. The molecule has 41 heavy (non-hydrogen) atoms. The van der Waals surface area contributed by atoms with E-state index >= 15 is 0 Å². The van der Waals surface area contributed by atoms with Crippen LogP contribution in [-0.2, 0) is 27.6 Å². The lowest BCUT2D eigenvalue weighted by Crippen LogP contribution is -2.11. The zero-order chi connectivity index (χ0) is 28.4. The average Bonchev–Trinajstić information content (AvgIpc) is 3.84. The summed E-state index contributed by atoms with van der Waals surface area (Å²) >= 11 is 0. The molecule has 1 aliphatic carbocycles. The van der Waals surface area contributed by atoms with Gasteiger partial charge >= 0.3 is 5.97 Å². The SMILES string of the molecule is CONC(=COc1ccc(COc2ccc([C@H]3C[C@H]3C(=O)OCc3ccccc3)cc2)cc1)c1ccc(C#N)cc1. The number of ether oxygens (including phenoxy) is 3. The van der Waals surface area contributed by atoms with E-state index in [0.717, 1.165) is 34.4 Å². The van der Waals surface area contributed by atoms with Gasteiger partial charge in [-0.2, -0.15) is 5.26 Å². The predicted octanol–water partition coefficient (Wildman–Crippen LogP) is 6.51. The second-order valence-electron chi connectivity index (χ2n) is 9.69. The molecule has 0 amide bonds. The normalized spacial score (nSPS) is 15.9. The highest BCUT2D eigenvalue weighted by Gasteiger charge is 2.45. The molecule has 1 saturated carbocycles. The zero-order valence-corrected chi connectivity index (χ0v) is 22.7. The Kier molecular flexibility index (Phi) is 8.95. The van der Waals surface area contributed by atoms with Crippen molar-refractivity contribution in [2.24, 2.45) is 5.92 Å². The maximum absolute atomic E-state index is 12.4. The van der Waals surface area contributed by atoms with Crippen molar-refractivity contribution in [3.05, 3.63) is 137 Å². The highest BCUT2D eigenvalue weighted by molar-refractivity contribution is 5.77. The van der Waals surface area contributed by atoms with Crippen LogP contribution in [0.15, 0.2) is 109 Å². The standard InChI is InChI=1S/C34H30N2O5/c1-38-36-33(28-11-7-24(20-35)8-12-28)23-40-29-15-9-26(10-16-29)21-39-30-17-13-27(14-18-30)31-19-32(31)34(37)41-22-25-5-3-2-4-6-25/h2-18,23,31-32,36H,19,21-22H2,1H3/t31-,32-/m1/s1. The van der Waals surface area contributed by atoms with E-state index in [0.29, 0.717) is 30.2 Å². The number of esters is 1. The van der Waals surface area contributed by atoms with E-state index in [4.69, 9.17) is 24.3 Å². The molecule has 0 aliphatic heterocycles. The Morgan fingerprint density at radius 1 is 0.878 bits per heavy atom. The highest BCUT2D eigenvalue weighted by atomic mass is 16.6. The Balaban J connectivity index is 1.09. The van der Waals surface area contributed by atoms with Crippen molar-refractivity contribution in [3.8, 4) is 17.6 Å². The number of carbonyl (C=O) groups is 1. The minimum absolute atomic E-state index is 0.0773. The van der Waals surface area contributed by atoms with Crippen LogP contribution in [0.4, 0.5) is 0 Å². The molecule has 4 aromatic rings. The van der Waals surface area contributed by atoms with E-state index in [9.17, 15) is 4.79 Å². The monoisotopic (exact) mass is 546 g/mol. The van der Waals surface area contributed by atoms with E-state index in [1.54, 1.807) is 18.4 Å². The number of rotatable bonds is 12. The van der Waals surface area contributed by atoms with Crippen LogP contribution in [-0.4, -0.2) is 13.1 Å². The maximum atomic E-state index is 12.4. The molecule has 1 N–H and O–H groups in total. The van der Waals surface area contributed by atoms with Crippen LogP contribution in [0.3, 0.4) is 0 Å². The molecule has 5 rings (SSSR count).